The van der Waals surface area contributed by atoms with Crippen LogP contribution in [0, 0.1) is 18.8 Å². The molecule has 0 atom stereocenters. The number of phenolic OH excluding ortho intramolecular Hbond substituents is 1. The summed E-state index contributed by atoms with van der Waals surface area (Å²) in [6.07, 6.45) is 1.82. The maximum atomic E-state index is 9.85. The van der Waals surface area contributed by atoms with Crippen LogP contribution in [0.25, 0.3) is 0 Å². The minimum atomic E-state index is 0.109. The second kappa shape index (κ2) is 10.0. The number of hydrogen-bond acceptors (Lipinski definition) is 4. The molecule has 0 radical (unpaired) electrons. The Bertz CT molecular complexity index is 1310. The van der Waals surface area contributed by atoms with Crippen molar-refractivity contribution in [2.75, 3.05) is 0 Å². The normalized spacial score (nSPS) is 10.9. The van der Waals surface area contributed by atoms with Gasteiger partial charge in [-0.2, -0.15) is 5.11 Å². The molecule has 0 aliphatic rings. The van der Waals surface area contributed by atoms with Crippen molar-refractivity contribution in [3.05, 3.63) is 119 Å². The number of rotatable bonds is 4. The highest BCUT2D eigenvalue weighted by atomic mass is 16.3. The van der Waals surface area contributed by atoms with E-state index >= 15 is 0 Å². The van der Waals surface area contributed by atoms with Crippen LogP contribution < -0.4 is 0 Å². The summed E-state index contributed by atoms with van der Waals surface area (Å²) in [5.41, 5.74) is 5.91. The Kier molecular flexibility index (Phi) is 6.50. The summed E-state index contributed by atoms with van der Waals surface area (Å²) in [7, 11) is 0. The quantitative estimate of drug-likeness (QED) is 0.213. The lowest BCUT2D eigenvalue weighted by Crippen LogP contribution is -1.82. The summed E-state index contributed by atoms with van der Waals surface area (Å²) < 4.78 is 0. The zero-order chi connectivity index (χ0) is 22.2. The van der Waals surface area contributed by atoms with Crippen LogP contribution >= 0.6 is 0 Å². The molecule has 0 unspecified atom stereocenters. The molecule has 0 saturated heterocycles. The van der Waals surface area contributed by atoms with Gasteiger partial charge in [-0.05, 0) is 78.7 Å². The van der Waals surface area contributed by atoms with Gasteiger partial charge in [-0.3, -0.25) is 4.99 Å². The van der Waals surface area contributed by atoms with Gasteiger partial charge in [-0.15, -0.1) is 5.11 Å². The number of nitrogens with zero attached hydrogens (tertiary/aromatic N) is 3. The lowest BCUT2D eigenvalue weighted by atomic mass is 10.1. The molecule has 0 aliphatic carbocycles. The van der Waals surface area contributed by atoms with Crippen molar-refractivity contribution in [1.29, 1.82) is 0 Å². The van der Waals surface area contributed by atoms with Crippen molar-refractivity contribution in [3.8, 4) is 17.6 Å². The Morgan fingerprint density at radius 3 is 2.06 bits per heavy atom. The number of benzene rings is 4. The van der Waals surface area contributed by atoms with Crippen LogP contribution in [0.5, 0.6) is 5.75 Å². The van der Waals surface area contributed by atoms with Gasteiger partial charge in [-0.1, -0.05) is 48.2 Å². The van der Waals surface area contributed by atoms with E-state index in [2.05, 4.69) is 27.1 Å². The lowest BCUT2D eigenvalue weighted by molar-refractivity contribution is 0.476. The zero-order valence-corrected chi connectivity index (χ0v) is 17.6. The number of aliphatic imine (C=N–C) groups is 1. The Balaban J connectivity index is 1.39. The van der Waals surface area contributed by atoms with Crippen LogP contribution in [0.1, 0.15) is 22.3 Å². The highest BCUT2D eigenvalue weighted by Gasteiger charge is 1.99. The summed E-state index contributed by atoms with van der Waals surface area (Å²) in [5.74, 6) is 6.43. The van der Waals surface area contributed by atoms with E-state index in [1.807, 2.05) is 98.1 Å². The minimum Gasteiger partial charge on any atom is -0.506 e. The molecule has 4 heteroatoms. The number of phenols is 1. The lowest BCUT2D eigenvalue weighted by Gasteiger charge is -1.99. The average molecular weight is 415 g/mol. The number of aromatic hydroxyl groups is 1. The van der Waals surface area contributed by atoms with E-state index in [9.17, 15) is 5.11 Å². The second-order valence-corrected chi connectivity index (χ2v) is 7.20. The largest absolute Gasteiger partial charge is 0.506 e. The highest BCUT2D eigenvalue weighted by Crippen LogP contribution is 2.29. The average Bonchev–Trinajstić information content (AvgIpc) is 2.84. The molecule has 0 heterocycles. The zero-order valence-electron chi connectivity index (χ0n) is 17.6. The topological polar surface area (TPSA) is 57.3 Å². The monoisotopic (exact) mass is 415 g/mol. The van der Waals surface area contributed by atoms with Crippen LogP contribution in [0.4, 0.5) is 17.1 Å². The van der Waals surface area contributed by atoms with Gasteiger partial charge >= 0.3 is 0 Å². The molecule has 0 spiro atoms. The van der Waals surface area contributed by atoms with Crippen molar-refractivity contribution < 1.29 is 5.11 Å². The van der Waals surface area contributed by atoms with Gasteiger partial charge in [0.05, 0.1) is 11.4 Å². The fourth-order valence-corrected chi connectivity index (χ4v) is 2.90. The van der Waals surface area contributed by atoms with Crippen LogP contribution in [0.2, 0.25) is 0 Å². The molecule has 0 bridgehead atoms. The smallest absolute Gasteiger partial charge is 0.143 e. The maximum Gasteiger partial charge on any atom is 0.143 e. The van der Waals surface area contributed by atoms with Crippen LogP contribution in [-0.4, -0.2) is 11.3 Å². The SMILES string of the molecule is Cc1ccc(O)c(N=Nc2ccc(N=Cc3ccc(C#Cc4ccccc4)cc3)cc2)c1. The van der Waals surface area contributed by atoms with Gasteiger partial charge in [0.2, 0.25) is 0 Å². The van der Waals surface area contributed by atoms with Crippen LogP contribution in [0.3, 0.4) is 0 Å². The van der Waals surface area contributed by atoms with Gasteiger partial charge in [-0.25, -0.2) is 0 Å². The van der Waals surface area contributed by atoms with Gasteiger partial charge in [0.1, 0.15) is 11.4 Å². The van der Waals surface area contributed by atoms with Crippen molar-refractivity contribution in [2.24, 2.45) is 15.2 Å². The first-order chi connectivity index (χ1) is 15.7. The standard InChI is InChI=1S/C28H21N3O/c1-21-7-18-28(32)27(19-21)31-30-26-16-14-25(15-17-26)29-20-24-12-10-23(11-13-24)9-8-22-5-3-2-4-6-22/h2-7,10-20,32H,1H3. The van der Waals surface area contributed by atoms with Gasteiger partial charge in [0, 0.05) is 17.3 Å². The highest BCUT2D eigenvalue weighted by molar-refractivity contribution is 5.82. The van der Waals surface area contributed by atoms with Crippen LogP contribution in [-0.2, 0) is 0 Å². The third-order valence-electron chi connectivity index (χ3n) is 4.65. The van der Waals surface area contributed by atoms with Crippen LogP contribution in [0.15, 0.2) is 112 Å². The molecule has 4 rings (SSSR count). The van der Waals surface area contributed by atoms with E-state index in [0.717, 1.165) is 27.9 Å². The summed E-state index contributed by atoms with van der Waals surface area (Å²) in [4.78, 5) is 4.51. The third kappa shape index (κ3) is 5.78. The third-order valence-corrected chi connectivity index (χ3v) is 4.65. The summed E-state index contributed by atoms with van der Waals surface area (Å²) in [6, 6.07) is 30.6. The predicted octanol–water partition coefficient (Wildman–Crippen LogP) is 7.27. The molecule has 4 aromatic rings. The molecule has 0 amide bonds. The molecule has 1 N–H and O–H groups in total. The minimum absolute atomic E-state index is 0.109. The predicted molar refractivity (Wildman–Crippen MR) is 130 cm³/mol. The van der Waals surface area contributed by atoms with E-state index < -0.39 is 0 Å². The Morgan fingerprint density at radius 2 is 1.34 bits per heavy atom. The first-order valence-electron chi connectivity index (χ1n) is 10.2. The first kappa shape index (κ1) is 20.8. The van der Waals surface area contributed by atoms with E-state index in [0.29, 0.717) is 11.4 Å². The van der Waals surface area contributed by atoms with E-state index in [-0.39, 0.29) is 5.75 Å². The molecule has 0 fully saturated rings. The summed E-state index contributed by atoms with van der Waals surface area (Å²) in [5, 5.41) is 18.2. The number of hydrogen-bond donors (Lipinski definition) is 1. The number of aryl methyl sites for hydroxylation is 1. The van der Waals surface area contributed by atoms with Gasteiger partial charge < -0.3 is 5.11 Å². The van der Waals surface area contributed by atoms with Gasteiger partial charge in [0.15, 0.2) is 0 Å². The fraction of sp³-hybridized carbons (Fsp3) is 0.0357. The van der Waals surface area contributed by atoms with Gasteiger partial charge in [0.25, 0.3) is 0 Å². The molecule has 0 saturated carbocycles. The summed E-state index contributed by atoms with van der Waals surface area (Å²) >= 11 is 0. The van der Waals surface area contributed by atoms with Crippen molar-refractivity contribution in [2.45, 2.75) is 6.92 Å². The second-order valence-electron chi connectivity index (χ2n) is 7.20. The van der Waals surface area contributed by atoms with E-state index in [1.54, 1.807) is 12.1 Å². The first-order valence-corrected chi connectivity index (χ1v) is 10.2. The van der Waals surface area contributed by atoms with Crippen molar-refractivity contribution in [1.82, 2.24) is 0 Å². The number of azo groups is 1. The molecule has 0 aromatic heterocycles. The molecule has 154 valence electrons. The molecule has 4 nitrogen and oxygen atoms in total. The van der Waals surface area contributed by atoms with E-state index in [4.69, 9.17) is 0 Å². The van der Waals surface area contributed by atoms with Crippen molar-refractivity contribution in [3.63, 3.8) is 0 Å². The van der Waals surface area contributed by atoms with E-state index in [1.165, 1.54) is 0 Å². The fourth-order valence-electron chi connectivity index (χ4n) is 2.90. The molecule has 0 aliphatic heterocycles. The Hall–Kier alpha value is -4.49. The molecular formula is C28H21N3O. The Labute approximate surface area is 187 Å². The molecular weight excluding hydrogens is 394 g/mol. The summed E-state index contributed by atoms with van der Waals surface area (Å²) in [6.45, 7) is 1.94. The van der Waals surface area contributed by atoms with Crippen molar-refractivity contribution >= 4 is 23.3 Å². The molecule has 32 heavy (non-hydrogen) atoms. The molecule has 4 aromatic carbocycles. The Morgan fingerprint density at radius 1 is 0.688 bits per heavy atom. The maximum absolute atomic E-state index is 9.85.